The summed E-state index contributed by atoms with van der Waals surface area (Å²) in [6.45, 7) is 3.39. The minimum absolute atomic E-state index is 0.376. The van der Waals surface area contributed by atoms with Crippen molar-refractivity contribution in [3.8, 4) is 0 Å². The van der Waals surface area contributed by atoms with Crippen LogP contribution < -0.4 is 0 Å². The minimum Gasteiger partial charge on any atom is -0.213 e. The zero-order chi connectivity index (χ0) is 11.8. The Kier molecular flexibility index (Phi) is 3.04. The summed E-state index contributed by atoms with van der Waals surface area (Å²) < 4.78 is 24.0. The molecular weight excluding hydrogens is 222 g/mol. The average molecular weight is 239 g/mol. The van der Waals surface area contributed by atoms with E-state index in [0.29, 0.717) is 19.0 Å². The molecule has 16 heavy (non-hydrogen) atoms. The van der Waals surface area contributed by atoms with Crippen LogP contribution in [0.5, 0.6) is 0 Å². The summed E-state index contributed by atoms with van der Waals surface area (Å²) in [4.78, 5) is 0. The molecule has 1 heterocycles. The van der Waals surface area contributed by atoms with E-state index in [-0.39, 0.29) is 0 Å². The number of aryl methyl sites for hydroxylation is 1. The highest BCUT2D eigenvalue weighted by Crippen LogP contribution is 2.28. The monoisotopic (exact) mass is 239 g/mol. The van der Waals surface area contributed by atoms with Crippen LogP contribution in [0.4, 0.5) is 0 Å². The molecule has 3 nitrogen and oxygen atoms in total. The fourth-order valence-electron chi connectivity index (χ4n) is 1.95. The van der Waals surface area contributed by atoms with E-state index in [1.807, 2.05) is 0 Å². The van der Waals surface area contributed by atoms with Crippen LogP contribution in [0.25, 0.3) is 0 Å². The summed E-state index contributed by atoms with van der Waals surface area (Å²) in [7, 11) is -2.99. The van der Waals surface area contributed by atoms with Gasteiger partial charge in [0.15, 0.2) is 0 Å². The lowest BCUT2D eigenvalue weighted by Crippen LogP contribution is -2.47. The summed E-state index contributed by atoms with van der Waals surface area (Å²) >= 11 is 0. The third-order valence-electron chi connectivity index (χ3n) is 3.18. The highest BCUT2D eigenvalue weighted by molar-refractivity contribution is 7.88. The number of rotatable bonds is 3. The van der Waals surface area contributed by atoms with Gasteiger partial charge in [-0.3, -0.25) is 0 Å². The summed E-state index contributed by atoms with van der Waals surface area (Å²) in [5.74, 6) is 0.376. The lowest BCUT2D eigenvalue weighted by molar-refractivity contribution is 0.266. The standard InChI is InChI=1S/C12H17NO2S/c1-3-10-4-6-11(7-5-10)12-8-13(9-12)16(2,14)15/h4-7,12H,3,8-9H2,1-2H3. The van der Waals surface area contributed by atoms with Gasteiger partial charge in [0.2, 0.25) is 10.0 Å². The molecule has 1 aromatic rings. The molecule has 0 amide bonds. The first-order valence-corrected chi connectivity index (χ1v) is 7.39. The predicted octanol–water partition coefficient (Wildman–Crippen LogP) is 1.61. The zero-order valence-corrected chi connectivity index (χ0v) is 10.5. The first-order chi connectivity index (χ1) is 7.50. The van der Waals surface area contributed by atoms with E-state index in [4.69, 9.17) is 0 Å². The Balaban J connectivity index is 2.01. The second-order valence-electron chi connectivity index (χ2n) is 4.37. The molecule has 0 radical (unpaired) electrons. The average Bonchev–Trinajstić information content (AvgIpc) is 2.14. The Hall–Kier alpha value is -0.870. The summed E-state index contributed by atoms with van der Waals surface area (Å²) in [6.07, 6.45) is 2.31. The van der Waals surface area contributed by atoms with E-state index in [1.165, 1.54) is 21.7 Å². The van der Waals surface area contributed by atoms with E-state index in [9.17, 15) is 8.42 Å². The van der Waals surface area contributed by atoms with Gasteiger partial charge in [-0.05, 0) is 17.5 Å². The number of hydrogen-bond acceptors (Lipinski definition) is 2. The lowest BCUT2D eigenvalue weighted by atomic mass is 9.93. The van der Waals surface area contributed by atoms with Crippen molar-refractivity contribution in [2.75, 3.05) is 19.3 Å². The molecule has 0 N–H and O–H groups in total. The van der Waals surface area contributed by atoms with Crippen molar-refractivity contribution >= 4 is 10.0 Å². The highest BCUT2D eigenvalue weighted by atomic mass is 32.2. The van der Waals surface area contributed by atoms with Crippen LogP contribution in [0.2, 0.25) is 0 Å². The maximum absolute atomic E-state index is 11.2. The second kappa shape index (κ2) is 4.18. The van der Waals surface area contributed by atoms with Gasteiger partial charge in [0.1, 0.15) is 0 Å². The van der Waals surface area contributed by atoms with Crippen molar-refractivity contribution in [3.05, 3.63) is 35.4 Å². The van der Waals surface area contributed by atoms with Crippen molar-refractivity contribution < 1.29 is 8.42 Å². The van der Waals surface area contributed by atoms with Crippen molar-refractivity contribution in [1.82, 2.24) is 4.31 Å². The van der Waals surface area contributed by atoms with Gasteiger partial charge in [-0.15, -0.1) is 0 Å². The molecular formula is C12H17NO2S. The smallest absolute Gasteiger partial charge is 0.211 e. The van der Waals surface area contributed by atoms with Crippen LogP contribution in [-0.4, -0.2) is 32.1 Å². The normalized spacial score (nSPS) is 18.4. The van der Waals surface area contributed by atoms with Crippen LogP contribution in [0.1, 0.15) is 24.0 Å². The van der Waals surface area contributed by atoms with E-state index in [2.05, 4.69) is 31.2 Å². The van der Waals surface area contributed by atoms with Crippen LogP contribution >= 0.6 is 0 Å². The fraction of sp³-hybridized carbons (Fsp3) is 0.500. The van der Waals surface area contributed by atoms with Crippen molar-refractivity contribution in [3.63, 3.8) is 0 Å². The van der Waals surface area contributed by atoms with Gasteiger partial charge in [-0.2, -0.15) is 0 Å². The Morgan fingerprint density at radius 2 is 1.81 bits per heavy atom. The Morgan fingerprint density at radius 3 is 2.25 bits per heavy atom. The van der Waals surface area contributed by atoms with Crippen LogP contribution in [-0.2, 0) is 16.4 Å². The SMILES string of the molecule is CCc1ccc(C2CN(S(C)(=O)=O)C2)cc1. The largest absolute Gasteiger partial charge is 0.213 e. The molecule has 0 aromatic heterocycles. The maximum Gasteiger partial charge on any atom is 0.211 e. The highest BCUT2D eigenvalue weighted by Gasteiger charge is 2.33. The molecule has 1 saturated heterocycles. The number of sulfonamides is 1. The van der Waals surface area contributed by atoms with Gasteiger partial charge in [-0.1, -0.05) is 31.2 Å². The van der Waals surface area contributed by atoms with E-state index >= 15 is 0 Å². The molecule has 2 rings (SSSR count). The van der Waals surface area contributed by atoms with Gasteiger partial charge < -0.3 is 0 Å². The predicted molar refractivity (Wildman–Crippen MR) is 65.0 cm³/mol. The number of benzene rings is 1. The molecule has 0 spiro atoms. The van der Waals surface area contributed by atoms with E-state index < -0.39 is 10.0 Å². The molecule has 88 valence electrons. The Morgan fingerprint density at radius 1 is 1.25 bits per heavy atom. The quantitative estimate of drug-likeness (QED) is 0.803. The Labute approximate surface area is 97.1 Å². The van der Waals surface area contributed by atoms with Crippen LogP contribution in [0.15, 0.2) is 24.3 Å². The molecule has 0 saturated carbocycles. The summed E-state index contributed by atoms with van der Waals surface area (Å²) in [5.41, 5.74) is 2.57. The molecule has 4 heteroatoms. The van der Waals surface area contributed by atoms with Gasteiger partial charge >= 0.3 is 0 Å². The lowest BCUT2D eigenvalue weighted by Gasteiger charge is -2.37. The van der Waals surface area contributed by atoms with Gasteiger partial charge in [0.05, 0.1) is 6.26 Å². The van der Waals surface area contributed by atoms with E-state index in [0.717, 1.165) is 6.42 Å². The third kappa shape index (κ3) is 2.28. The number of nitrogens with zero attached hydrogens (tertiary/aromatic N) is 1. The molecule has 1 aromatic carbocycles. The first kappa shape index (κ1) is 11.6. The molecule has 0 unspecified atom stereocenters. The van der Waals surface area contributed by atoms with Crippen molar-refractivity contribution in [2.24, 2.45) is 0 Å². The minimum atomic E-state index is -2.99. The summed E-state index contributed by atoms with van der Waals surface area (Å²) in [5, 5.41) is 0. The van der Waals surface area contributed by atoms with Gasteiger partial charge in [-0.25, -0.2) is 12.7 Å². The fourth-order valence-corrected chi connectivity index (χ4v) is 2.85. The molecule has 0 atom stereocenters. The molecule has 0 aliphatic carbocycles. The molecule has 1 fully saturated rings. The summed E-state index contributed by atoms with van der Waals surface area (Å²) in [6, 6.07) is 8.48. The molecule has 0 bridgehead atoms. The Bertz CT molecular complexity index is 458. The maximum atomic E-state index is 11.2. The third-order valence-corrected chi connectivity index (χ3v) is 4.41. The van der Waals surface area contributed by atoms with Gasteiger partial charge in [0.25, 0.3) is 0 Å². The molecule has 1 aliphatic rings. The van der Waals surface area contributed by atoms with Gasteiger partial charge in [0, 0.05) is 19.0 Å². The van der Waals surface area contributed by atoms with E-state index in [1.54, 1.807) is 0 Å². The zero-order valence-electron chi connectivity index (χ0n) is 9.68. The van der Waals surface area contributed by atoms with Crippen molar-refractivity contribution in [1.29, 1.82) is 0 Å². The number of hydrogen-bond donors (Lipinski definition) is 0. The topological polar surface area (TPSA) is 37.4 Å². The molecule has 1 aliphatic heterocycles. The van der Waals surface area contributed by atoms with Crippen LogP contribution in [0, 0.1) is 0 Å². The second-order valence-corrected chi connectivity index (χ2v) is 6.35. The first-order valence-electron chi connectivity index (χ1n) is 5.54. The van der Waals surface area contributed by atoms with Crippen LogP contribution in [0.3, 0.4) is 0 Å². The van der Waals surface area contributed by atoms with Crippen molar-refractivity contribution in [2.45, 2.75) is 19.3 Å².